The molecule has 82 valence electrons. The second kappa shape index (κ2) is 7.62. The number of carbonyl (C=O) groups is 1. The monoisotopic (exact) mass is 207 g/mol. The van der Waals surface area contributed by atoms with Crippen molar-refractivity contribution in [3.8, 4) is 0 Å². The third kappa shape index (κ3) is 5.52. The van der Waals surface area contributed by atoms with E-state index in [4.69, 9.17) is 5.11 Å². The summed E-state index contributed by atoms with van der Waals surface area (Å²) in [6.07, 6.45) is 6.95. The van der Waals surface area contributed by atoms with Crippen LogP contribution in [0.3, 0.4) is 0 Å². The molecule has 0 bridgehead atoms. The molecule has 0 aliphatic heterocycles. The molecule has 3 nitrogen and oxygen atoms in total. The summed E-state index contributed by atoms with van der Waals surface area (Å²) in [5.41, 5.74) is 0.314. The Morgan fingerprint density at radius 1 is 1.13 bits per heavy atom. The first kappa shape index (κ1) is 13.2. The topological polar surface area (TPSA) is 40.5 Å². The Morgan fingerprint density at radius 2 is 1.67 bits per heavy atom. The molecule has 0 aliphatic carbocycles. The lowest BCUT2D eigenvalue weighted by Crippen LogP contribution is -2.19. The Balaban J connectivity index is 4.69. The highest BCUT2D eigenvalue weighted by Crippen LogP contribution is 2.05. The van der Waals surface area contributed by atoms with Crippen molar-refractivity contribution in [1.29, 1.82) is 0 Å². The van der Waals surface area contributed by atoms with E-state index >= 15 is 0 Å². The lowest BCUT2D eigenvalue weighted by atomic mass is 10.2. The van der Waals surface area contributed by atoms with Crippen LogP contribution in [-0.4, -0.2) is 29.1 Å². The number of hydrogen-bond acceptors (Lipinski definition) is 2. The van der Waals surface area contributed by atoms with Crippen molar-refractivity contribution in [3.05, 3.63) is 49.7 Å². The molecule has 0 radical (unpaired) electrons. The fraction of sp³-hybridized carbons (Fsp3) is 0.250. The number of rotatable bonds is 8. The van der Waals surface area contributed by atoms with Gasteiger partial charge in [-0.15, -0.1) is 19.7 Å². The summed E-state index contributed by atoms with van der Waals surface area (Å²) in [5, 5.41) is 8.90. The lowest BCUT2D eigenvalue weighted by Gasteiger charge is -2.17. The average molecular weight is 207 g/mol. The maximum absolute atomic E-state index is 10.8. The molecule has 0 spiro atoms. The van der Waals surface area contributed by atoms with Gasteiger partial charge in [0.15, 0.2) is 0 Å². The molecule has 0 aromatic rings. The van der Waals surface area contributed by atoms with Crippen LogP contribution >= 0.6 is 0 Å². The van der Waals surface area contributed by atoms with E-state index in [0.717, 1.165) is 0 Å². The third-order valence-corrected chi connectivity index (χ3v) is 1.70. The first-order valence-electron chi connectivity index (χ1n) is 4.66. The van der Waals surface area contributed by atoms with Gasteiger partial charge in [0, 0.05) is 19.3 Å². The number of nitrogens with zero attached hydrogens (tertiary/aromatic N) is 1. The highest BCUT2D eigenvalue weighted by molar-refractivity contribution is 5.86. The van der Waals surface area contributed by atoms with Gasteiger partial charge in [-0.05, 0) is 6.42 Å². The molecule has 0 heterocycles. The number of allylic oxidation sites excluding steroid dienone is 1. The SMILES string of the molecule is C=CCC(=CN(CC=C)CC=C)C(=O)O. The summed E-state index contributed by atoms with van der Waals surface area (Å²) in [7, 11) is 0. The van der Waals surface area contributed by atoms with E-state index < -0.39 is 5.97 Å². The molecule has 0 aromatic heterocycles. The summed E-state index contributed by atoms with van der Waals surface area (Å²) in [5.74, 6) is -0.923. The van der Waals surface area contributed by atoms with Crippen molar-refractivity contribution in [3.63, 3.8) is 0 Å². The molecule has 0 amide bonds. The van der Waals surface area contributed by atoms with Gasteiger partial charge in [-0.25, -0.2) is 4.79 Å². The standard InChI is InChI=1S/C12H17NO2/c1-4-7-11(12(14)15)10-13(8-5-2)9-6-3/h4-6,10H,1-3,7-9H2,(H,14,15). The van der Waals surface area contributed by atoms with E-state index in [0.29, 0.717) is 25.1 Å². The zero-order valence-electron chi connectivity index (χ0n) is 8.85. The van der Waals surface area contributed by atoms with Crippen LogP contribution in [0.2, 0.25) is 0 Å². The highest BCUT2D eigenvalue weighted by Gasteiger charge is 2.06. The van der Waals surface area contributed by atoms with Crippen molar-refractivity contribution in [2.75, 3.05) is 13.1 Å². The van der Waals surface area contributed by atoms with Crippen molar-refractivity contribution in [2.24, 2.45) is 0 Å². The zero-order valence-corrected chi connectivity index (χ0v) is 8.85. The fourth-order valence-corrected chi connectivity index (χ4v) is 1.08. The Morgan fingerprint density at radius 3 is 2.00 bits per heavy atom. The largest absolute Gasteiger partial charge is 0.478 e. The minimum absolute atomic E-state index is 0.314. The fourth-order valence-electron chi connectivity index (χ4n) is 1.08. The van der Waals surface area contributed by atoms with Gasteiger partial charge in [-0.1, -0.05) is 18.2 Å². The molecular weight excluding hydrogens is 190 g/mol. The molecule has 0 saturated heterocycles. The maximum Gasteiger partial charge on any atom is 0.333 e. The predicted octanol–water partition coefficient (Wildman–Crippen LogP) is 2.21. The van der Waals surface area contributed by atoms with Gasteiger partial charge in [0.25, 0.3) is 0 Å². The lowest BCUT2D eigenvalue weighted by molar-refractivity contribution is -0.132. The van der Waals surface area contributed by atoms with Gasteiger partial charge in [0.1, 0.15) is 0 Å². The molecular formula is C12H17NO2. The third-order valence-electron chi connectivity index (χ3n) is 1.70. The van der Waals surface area contributed by atoms with E-state index in [-0.39, 0.29) is 0 Å². The van der Waals surface area contributed by atoms with E-state index in [1.165, 1.54) is 0 Å². The molecule has 0 rings (SSSR count). The van der Waals surface area contributed by atoms with E-state index in [9.17, 15) is 4.79 Å². The van der Waals surface area contributed by atoms with E-state index in [1.807, 2.05) is 4.90 Å². The Labute approximate surface area is 90.7 Å². The van der Waals surface area contributed by atoms with Crippen LogP contribution in [-0.2, 0) is 4.79 Å². The predicted molar refractivity (Wildman–Crippen MR) is 62.5 cm³/mol. The van der Waals surface area contributed by atoms with Gasteiger partial charge in [0.05, 0.1) is 5.57 Å². The second-order valence-corrected chi connectivity index (χ2v) is 2.98. The van der Waals surface area contributed by atoms with Crippen LogP contribution < -0.4 is 0 Å². The van der Waals surface area contributed by atoms with Crippen LogP contribution in [0.25, 0.3) is 0 Å². The summed E-state index contributed by atoms with van der Waals surface area (Å²) < 4.78 is 0. The first-order valence-corrected chi connectivity index (χ1v) is 4.66. The molecule has 0 aromatic carbocycles. The second-order valence-electron chi connectivity index (χ2n) is 2.98. The summed E-state index contributed by atoms with van der Waals surface area (Å²) in [4.78, 5) is 12.7. The molecule has 15 heavy (non-hydrogen) atoms. The number of carboxylic acid groups (broad SMARTS) is 1. The number of carboxylic acids is 1. The first-order chi connectivity index (χ1) is 7.15. The smallest absolute Gasteiger partial charge is 0.333 e. The molecule has 0 saturated carbocycles. The van der Waals surface area contributed by atoms with Crippen molar-refractivity contribution < 1.29 is 9.90 Å². The van der Waals surface area contributed by atoms with Gasteiger partial charge in [-0.3, -0.25) is 0 Å². The molecule has 0 fully saturated rings. The molecule has 3 heteroatoms. The van der Waals surface area contributed by atoms with Crippen LogP contribution in [0, 0.1) is 0 Å². The minimum atomic E-state index is -0.923. The summed E-state index contributed by atoms with van der Waals surface area (Å²) in [6.45, 7) is 11.9. The van der Waals surface area contributed by atoms with Crippen molar-refractivity contribution >= 4 is 5.97 Å². The Kier molecular flexibility index (Phi) is 6.72. The molecule has 0 unspecified atom stereocenters. The zero-order chi connectivity index (χ0) is 11.7. The quantitative estimate of drug-likeness (QED) is 0.490. The van der Waals surface area contributed by atoms with Gasteiger partial charge in [0.2, 0.25) is 0 Å². The maximum atomic E-state index is 10.8. The normalized spacial score (nSPS) is 10.5. The van der Waals surface area contributed by atoms with Crippen LogP contribution in [0.15, 0.2) is 49.7 Å². The minimum Gasteiger partial charge on any atom is -0.478 e. The van der Waals surface area contributed by atoms with E-state index in [2.05, 4.69) is 19.7 Å². The molecule has 0 aliphatic rings. The highest BCUT2D eigenvalue weighted by atomic mass is 16.4. The van der Waals surface area contributed by atoms with E-state index in [1.54, 1.807) is 24.4 Å². The van der Waals surface area contributed by atoms with Gasteiger partial charge >= 0.3 is 5.97 Å². The van der Waals surface area contributed by atoms with Crippen LogP contribution in [0.5, 0.6) is 0 Å². The molecule has 1 N–H and O–H groups in total. The number of hydrogen-bond donors (Lipinski definition) is 1. The van der Waals surface area contributed by atoms with Crippen molar-refractivity contribution in [1.82, 2.24) is 4.90 Å². The summed E-state index contributed by atoms with van der Waals surface area (Å²) in [6, 6.07) is 0. The summed E-state index contributed by atoms with van der Waals surface area (Å²) >= 11 is 0. The number of aliphatic carboxylic acids is 1. The Bertz CT molecular complexity index is 269. The Hall–Kier alpha value is -1.77. The van der Waals surface area contributed by atoms with Gasteiger partial charge in [-0.2, -0.15) is 0 Å². The molecule has 0 atom stereocenters. The van der Waals surface area contributed by atoms with Gasteiger partial charge < -0.3 is 10.0 Å². The van der Waals surface area contributed by atoms with Crippen LogP contribution in [0.4, 0.5) is 0 Å². The van der Waals surface area contributed by atoms with Crippen molar-refractivity contribution in [2.45, 2.75) is 6.42 Å². The average Bonchev–Trinajstić information content (AvgIpc) is 2.17. The van der Waals surface area contributed by atoms with Crippen LogP contribution in [0.1, 0.15) is 6.42 Å².